The molecular weight excluding hydrogens is 198 g/mol. The van der Waals surface area contributed by atoms with Crippen molar-refractivity contribution in [1.82, 2.24) is 9.78 Å². The maximum atomic E-state index is 5.65. The van der Waals surface area contributed by atoms with Crippen LogP contribution in [0.1, 0.15) is 22.4 Å². The fourth-order valence-corrected chi connectivity index (χ4v) is 2.01. The lowest BCUT2D eigenvalue weighted by atomic mass is 10.1. The monoisotopic (exact) mass is 215 g/mol. The third-order valence-corrected chi connectivity index (χ3v) is 2.63. The Morgan fingerprint density at radius 2 is 1.88 bits per heavy atom. The summed E-state index contributed by atoms with van der Waals surface area (Å²) in [4.78, 5) is 0. The molecule has 2 aromatic rings. The molecule has 0 unspecified atom stereocenters. The molecular formula is C13H17N3. The molecule has 0 radical (unpaired) electrons. The Balaban J connectivity index is 2.26. The van der Waals surface area contributed by atoms with Crippen LogP contribution < -0.4 is 5.73 Å². The second-order valence-electron chi connectivity index (χ2n) is 4.18. The number of nitrogens with two attached hydrogens (primary N) is 1. The molecule has 0 aliphatic heterocycles. The standard InChI is InChI=1S/C13H17N3/c1-10-5-11(2)7-12(6-10)9-16-13(8-14)3-4-15-16/h3-7H,8-9,14H2,1-2H3. The first-order chi connectivity index (χ1) is 7.69. The van der Waals surface area contributed by atoms with E-state index in [-0.39, 0.29) is 0 Å². The summed E-state index contributed by atoms with van der Waals surface area (Å²) in [6, 6.07) is 8.52. The van der Waals surface area contributed by atoms with Gasteiger partial charge in [-0.25, -0.2) is 0 Å². The molecule has 0 bridgehead atoms. The van der Waals surface area contributed by atoms with Gasteiger partial charge in [0.15, 0.2) is 0 Å². The number of aromatic nitrogens is 2. The Morgan fingerprint density at radius 1 is 1.19 bits per heavy atom. The zero-order chi connectivity index (χ0) is 11.5. The van der Waals surface area contributed by atoms with Gasteiger partial charge in [-0.2, -0.15) is 5.10 Å². The summed E-state index contributed by atoms with van der Waals surface area (Å²) in [6.45, 7) is 5.56. The Hall–Kier alpha value is -1.61. The maximum Gasteiger partial charge on any atom is 0.0663 e. The van der Waals surface area contributed by atoms with Crippen LogP contribution in [-0.4, -0.2) is 9.78 Å². The normalized spacial score (nSPS) is 10.7. The molecule has 3 nitrogen and oxygen atoms in total. The van der Waals surface area contributed by atoms with E-state index in [2.05, 4.69) is 37.1 Å². The average Bonchev–Trinajstić information content (AvgIpc) is 2.63. The highest BCUT2D eigenvalue weighted by Gasteiger charge is 2.02. The smallest absolute Gasteiger partial charge is 0.0663 e. The quantitative estimate of drug-likeness (QED) is 0.851. The highest BCUT2D eigenvalue weighted by Crippen LogP contribution is 2.11. The van der Waals surface area contributed by atoms with E-state index in [0.29, 0.717) is 6.54 Å². The molecule has 0 aliphatic carbocycles. The van der Waals surface area contributed by atoms with Crippen molar-refractivity contribution >= 4 is 0 Å². The minimum absolute atomic E-state index is 0.533. The maximum absolute atomic E-state index is 5.65. The van der Waals surface area contributed by atoms with Crippen molar-refractivity contribution in [3.63, 3.8) is 0 Å². The lowest BCUT2D eigenvalue weighted by molar-refractivity contribution is 0.645. The molecule has 0 spiro atoms. The van der Waals surface area contributed by atoms with E-state index in [1.54, 1.807) is 6.20 Å². The summed E-state index contributed by atoms with van der Waals surface area (Å²) in [5.41, 5.74) is 10.6. The topological polar surface area (TPSA) is 43.8 Å². The van der Waals surface area contributed by atoms with Crippen LogP contribution in [0.15, 0.2) is 30.5 Å². The molecule has 0 fully saturated rings. The van der Waals surface area contributed by atoms with Crippen LogP contribution in [0.25, 0.3) is 0 Å². The third-order valence-electron chi connectivity index (χ3n) is 2.63. The molecule has 0 saturated heterocycles. The second-order valence-corrected chi connectivity index (χ2v) is 4.18. The summed E-state index contributed by atoms with van der Waals surface area (Å²) < 4.78 is 1.95. The number of benzene rings is 1. The van der Waals surface area contributed by atoms with Gasteiger partial charge in [-0.3, -0.25) is 4.68 Å². The Labute approximate surface area is 95.9 Å². The minimum atomic E-state index is 0.533. The van der Waals surface area contributed by atoms with Crippen molar-refractivity contribution in [2.75, 3.05) is 0 Å². The molecule has 3 heteroatoms. The van der Waals surface area contributed by atoms with Gasteiger partial charge in [-0.1, -0.05) is 29.3 Å². The van der Waals surface area contributed by atoms with Gasteiger partial charge in [-0.15, -0.1) is 0 Å². The highest BCUT2D eigenvalue weighted by atomic mass is 15.3. The van der Waals surface area contributed by atoms with Crippen molar-refractivity contribution in [1.29, 1.82) is 0 Å². The zero-order valence-electron chi connectivity index (χ0n) is 9.77. The largest absolute Gasteiger partial charge is 0.325 e. The molecule has 84 valence electrons. The fraction of sp³-hybridized carbons (Fsp3) is 0.308. The van der Waals surface area contributed by atoms with Gasteiger partial charge in [0, 0.05) is 12.7 Å². The van der Waals surface area contributed by atoms with E-state index in [4.69, 9.17) is 5.73 Å². The van der Waals surface area contributed by atoms with E-state index in [1.165, 1.54) is 16.7 Å². The first-order valence-corrected chi connectivity index (χ1v) is 5.47. The van der Waals surface area contributed by atoms with E-state index < -0.39 is 0 Å². The summed E-state index contributed by atoms with van der Waals surface area (Å²) in [5.74, 6) is 0. The van der Waals surface area contributed by atoms with E-state index in [9.17, 15) is 0 Å². The van der Waals surface area contributed by atoms with Gasteiger partial charge in [0.1, 0.15) is 0 Å². The van der Waals surface area contributed by atoms with Gasteiger partial charge < -0.3 is 5.73 Å². The van der Waals surface area contributed by atoms with Crippen molar-refractivity contribution in [3.8, 4) is 0 Å². The summed E-state index contributed by atoms with van der Waals surface area (Å²) in [7, 11) is 0. The predicted molar refractivity (Wildman–Crippen MR) is 65.1 cm³/mol. The Morgan fingerprint density at radius 3 is 2.50 bits per heavy atom. The molecule has 0 aliphatic rings. The number of hydrogen-bond acceptors (Lipinski definition) is 2. The molecule has 0 saturated carbocycles. The fourth-order valence-electron chi connectivity index (χ4n) is 2.01. The molecule has 1 aromatic heterocycles. The SMILES string of the molecule is Cc1cc(C)cc(Cn2nccc2CN)c1. The first kappa shape index (κ1) is 10.9. The van der Waals surface area contributed by atoms with Crippen molar-refractivity contribution < 1.29 is 0 Å². The van der Waals surface area contributed by atoms with Gasteiger partial charge in [-0.05, 0) is 25.5 Å². The molecule has 1 aromatic carbocycles. The first-order valence-electron chi connectivity index (χ1n) is 5.47. The van der Waals surface area contributed by atoms with Crippen LogP contribution in [0, 0.1) is 13.8 Å². The summed E-state index contributed by atoms with van der Waals surface area (Å²) >= 11 is 0. The van der Waals surface area contributed by atoms with E-state index >= 15 is 0 Å². The van der Waals surface area contributed by atoms with Crippen LogP contribution in [0.3, 0.4) is 0 Å². The number of aryl methyl sites for hydroxylation is 2. The summed E-state index contributed by atoms with van der Waals surface area (Å²) in [6.07, 6.45) is 1.80. The third kappa shape index (κ3) is 2.31. The Bertz CT molecular complexity index is 465. The summed E-state index contributed by atoms with van der Waals surface area (Å²) in [5, 5.41) is 4.28. The molecule has 2 N–H and O–H groups in total. The van der Waals surface area contributed by atoms with Crippen LogP contribution in [0.2, 0.25) is 0 Å². The number of nitrogens with zero attached hydrogens (tertiary/aromatic N) is 2. The van der Waals surface area contributed by atoms with Crippen LogP contribution >= 0.6 is 0 Å². The molecule has 1 heterocycles. The Kier molecular flexibility index (Phi) is 3.06. The van der Waals surface area contributed by atoms with Gasteiger partial charge in [0.2, 0.25) is 0 Å². The lowest BCUT2D eigenvalue weighted by Crippen LogP contribution is -2.09. The van der Waals surface area contributed by atoms with Gasteiger partial charge >= 0.3 is 0 Å². The number of rotatable bonds is 3. The zero-order valence-corrected chi connectivity index (χ0v) is 9.77. The molecule has 0 atom stereocenters. The van der Waals surface area contributed by atoms with E-state index in [0.717, 1.165) is 12.2 Å². The predicted octanol–water partition coefficient (Wildman–Crippen LogP) is 2.01. The molecule has 16 heavy (non-hydrogen) atoms. The molecule has 0 amide bonds. The van der Waals surface area contributed by atoms with Crippen LogP contribution in [0.5, 0.6) is 0 Å². The van der Waals surface area contributed by atoms with Gasteiger partial charge in [0.05, 0.1) is 12.2 Å². The van der Waals surface area contributed by atoms with E-state index in [1.807, 2.05) is 10.7 Å². The highest BCUT2D eigenvalue weighted by molar-refractivity contribution is 5.28. The van der Waals surface area contributed by atoms with Gasteiger partial charge in [0.25, 0.3) is 0 Å². The van der Waals surface area contributed by atoms with Crippen molar-refractivity contribution in [3.05, 3.63) is 52.8 Å². The average molecular weight is 215 g/mol. The number of hydrogen-bond donors (Lipinski definition) is 1. The lowest BCUT2D eigenvalue weighted by Gasteiger charge is -2.08. The molecule has 2 rings (SSSR count). The minimum Gasteiger partial charge on any atom is -0.325 e. The van der Waals surface area contributed by atoms with Crippen LogP contribution in [-0.2, 0) is 13.1 Å². The second kappa shape index (κ2) is 4.49. The van der Waals surface area contributed by atoms with Crippen molar-refractivity contribution in [2.24, 2.45) is 5.73 Å². The van der Waals surface area contributed by atoms with Crippen LogP contribution in [0.4, 0.5) is 0 Å². The van der Waals surface area contributed by atoms with Crippen molar-refractivity contribution in [2.45, 2.75) is 26.9 Å².